The second kappa shape index (κ2) is 12.6. The summed E-state index contributed by atoms with van der Waals surface area (Å²) < 4.78 is 13.0. The molecular weight excluding hydrogens is 558 g/mol. The standard InChI is InChI=1S/C35H41N3O4S/c39-21-24-6-8-28(9-7-24)31-16-30(22-43-32-3-1-2-12-36-32)41-33(42-31)29-10-4-23(5-11-29)20-37-34(40)38-35-17-25-13-26(18-35)15-27(14-25)19-35/h1-12,25-27,30-31,33,39H,13-22H2,(H2,37,38,40)/t25?,26?,27?,30-,31+,33+,35?/m0/s1. The van der Waals surface area contributed by atoms with E-state index >= 15 is 0 Å². The van der Waals surface area contributed by atoms with Gasteiger partial charge in [-0.3, -0.25) is 0 Å². The van der Waals surface area contributed by atoms with Crippen LogP contribution >= 0.6 is 11.8 Å². The van der Waals surface area contributed by atoms with Gasteiger partial charge in [-0.1, -0.05) is 54.6 Å². The number of amides is 2. The van der Waals surface area contributed by atoms with Gasteiger partial charge >= 0.3 is 6.03 Å². The van der Waals surface area contributed by atoms with Crippen molar-refractivity contribution in [2.24, 2.45) is 17.8 Å². The molecule has 7 nitrogen and oxygen atoms in total. The molecule has 4 saturated carbocycles. The number of nitrogens with zero attached hydrogens (tertiary/aromatic N) is 1. The maximum absolute atomic E-state index is 12.9. The summed E-state index contributed by atoms with van der Waals surface area (Å²) in [6.07, 6.45) is 9.42. The highest BCUT2D eigenvalue weighted by molar-refractivity contribution is 7.99. The Morgan fingerprint density at radius 2 is 1.53 bits per heavy atom. The number of thioether (sulfide) groups is 1. The van der Waals surface area contributed by atoms with E-state index in [1.165, 1.54) is 19.3 Å². The van der Waals surface area contributed by atoms with Crippen molar-refractivity contribution in [2.75, 3.05) is 5.75 Å². The molecule has 2 amide bonds. The van der Waals surface area contributed by atoms with Gasteiger partial charge in [-0.05, 0) is 85.1 Å². The van der Waals surface area contributed by atoms with Gasteiger partial charge in [0.1, 0.15) is 0 Å². The molecule has 5 aliphatic rings. The molecule has 4 bridgehead atoms. The van der Waals surface area contributed by atoms with Crippen molar-refractivity contribution in [1.29, 1.82) is 0 Å². The quantitative estimate of drug-likeness (QED) is 0.238. The van der Waals surface area contributed by atoms with Gasteiger partial charge in [0.05, 0.1) is 23.8 Å². The molecule has 226 valence electrons. The van der Waals surface area contributed by atoms with E-state index in [1.807, 2.05) is 72.9 Å². The summed E-state index contributed by atoms with van der Waals surface area (Å²) in [6.45, 7) is 0.500. The fourth-order valence-corrected chi connectivity index (χ4v) is 9.04. The molecular formula is C35H41N3O4S. The molecule has 3 aromatic rings. The van der Waals surface area contributed by atoms with E-state index in [0.717, 1.165) is 76.5 Å². The number of urea groups is 1. The molecule has 0 radical (unpaired) electrons. The van der Waals surface area contributed by atoms with E-state index in [-0.39, 0.29) is 30.4 Å². The van der Waals surface area contributed by atoms with Gasteiger partial charge in [0.2, 0.25) is 0 Å². The second-order valence-corrected chi connectivity index (χ2v) is 14.1. The van der Waals surface area contributed by atoms with Crippen molar-refractivity contribution >= 4 is 17.8 Å². The maximum Gasteiger partial charge on any atom is 0.315 e. The normalized spacial score (nSPS) is 31.1. The van der Waals surface area contributed by atoms with Crippen LogP contribution in [0.4, 0.5) is 4.79 Å². The average molecular weight is 600 g/mol. The minimum absolute atomic E-state index is 0.0126. The first kappa shape index (κ1) is 28.8. The Hall–Kier alpha value is -2.91. The highest BCUT2D eigenvalue weighted by Crippen LogP contribution is 2.55. The Morgan fingerprint density at radius 1 is 0.860 bits per heavy atom. The summed E-state index contributed by atoms with van der Waals surface area (Å²) in [4.78, 5) is 17.4. The minimum atomic E-state index is -0.507. The van der Waals surface area contributed by atoms with Crippen LogP contribution in [0, 0.1) is 17.8 Å². The largest absolute Gasteiger partial charge is 0.392 e. The summed E-state index contributed by atoms with van der Waals surface area (Å²) in [5, 5.41) is 17.0. The Kier molecular flexibility index (Phi) is 8.45. The van der Waals surface area contributed by atoms with E-state index < -0.39 is 6.29 Å². The van der Waals surface area contributed by atoms with Crippen molar-refractivity contribution in [2.45, 2.75) is 87.2 Å². The minimum Gasteiger partial charge on any atom is -0.392 e. The summed E-state index contributed by atoms with van der Waals surface area (Å²) in [7, 11) is 0. The van der Waals surface area contributed by atoms with E-state index in [2.05, 4.69) is 15.6 Å². The van der Waals surface area contributed by atoms with E-state index in [0.29, 0.717) is 6.54 Å². The Bertz CT molecular complexity index is 1350. The Labute approximate surface area is 258 Å². The van der Waals surface area contributed by atoms with Gasteiger partial charge in [0.25, 0.3) is 0 Å². The number of rotatable bonds is 9. The third-order valence-electron chi connectivity index (χ3n) is 9.79. The van der Waals surface area contributed by atoms with Crippen LogP contribution in [-0.4, -0.2) is 33.5 Å². The lowest BCUT2D eigenvalue weighted by Gasteiger charge is -2.56. The van der Waals surface area contributed by atoms with Gasteiger partial charge in [-0.15, -0.1) is 11.8 Å². The zero-order valence-electron chi connectivity index (χ0n) is 24.5. The van der Waals surface area contributed by atoms with E-state index in [9.17, 15) is 9.90 Å². The Morgan fingerprint density at radius 3 is 2.19 bits per heavy atom. The highest BCUT2D eigenvalue weighted by atomic mass is 32.2. The first-order valence-corrected chi connectivity index (χ1v) is 16.7. The SMILES string of the molecule is O=C(NCc1ccc([C@@H]2O[C@H](CSc3ccccn3)C[C@H](c3ccc(CO)cc3)O2)cc1)NC12CC3CC(CC(C3)C1)C2. The number of hydrogen-bond acceptors (Lipinski definition) is 6. The average Bonchev–Trinajstić information content (AvgIpc) is 3.02. The maximum atomic E-state index is 12.9. The van der Waals surface area contributed by atoms with Crippen LogP contribution in [0.15, 0.2) is 78.0 Å². The van der Waals surface area contributed by atoms with Crippen molar-refractivity contribution in [3.63, 3.8) is 0 Å². The number of aliphatic hydroxyl groups excluding tert-OH is 1. The molecule has 0 unspecified atom stereocenters. The van der Waals surface area contributed by atoms with Crippen molar-refractivity contribution in [3.05, 3.63) is 95.2 Å². The van der Waals surface area contributed by atoms with Crippen LogP contribution in [0.2, 0.25) is 0 Å². The first-order valence-electron chi connectivity index (χ1n) is 15.7. The lowest BCUT2D eigenvalue weighted by Crippen LogP contribution is -2.61. The molecule has 5 fully saturated rings. The summed E-state index contributed by atoms with van der Waals surface area (Å²) in [5.41, 5.74) is 3.96. The fourth-order valence-electron chi connectivity index (χ4n) is 8.16. The topological polar surface area (TPSA) is 92.7 Å². The number of aromatic nitrogens is 1. The van der Waals surface area contributed by atoms with Gasteiger partial charge in [0, 0.05) is 36.0 Å². The number of benzene rings is 2. The molecule has 1 aromatic heterocycles. The fraction of sp³-hybridized carbons (Fsp3) is 0.486. The van der Waals surface area contributed by atoms with E-state index in [1.54, 1.807) is 11.8 Å². The predicted octanol–water partition coefficient (Wildman–Crippen LogP) is 6.68. The van der Waals surface area contributed by atoms with Crippen LogP contribution < -0.4 is 10.6 Å². The number of nitrogens with one attached hydrogen (secondary N) is 2. The number of hydrogen-bond donors (Lipinski definition) is 3. The lowest BCUT2D eigenvalue weighted by molar-refractivity contribution is -0.245. The summed E-state index contributed by atoms with van der Waals surface area (Å²) >= 11 is 1.69. The smallest absolute Gasteiger partial charge is 0.315 e. The van der Waals surface area contributed by atoms with Crippen molar-refractivity contribution in [3.8, 4) is 0 Å². The van der Waals surface area contributed by atoms with Crippen LogP contribution in [-0.2, 0) is 22.6 Å². The number of carbonyl (C=O) groups is 1. The molecule has 2 aromatic carbocycles. The second-order valence-electron chi connectivity index (χ2n) is 13.1. The van der Waals surface area contributed by atoms with Gasteiger partial charge in [0.15, 0.2) is 6.29 Å². The van der Waals surface area contributed by atoms with Crippen LogP contribution in [0.25, 0.3) is 0 Å². The molecule has 4 aliphatic carbocycles. The molecule has 1 aliphatic heterocycles. The number of carbonyl (C=O) groups excluding carboxylic acids is 1. The lowest BCUT2D eigenvalue weighted by atomic mass is 9.53. The van der Waals surface area contributed by atoms with Gasteiger partial charge in [-0.25, -0.2) is 9.78 Å². The molecule has 2 heterocycles. The summed E-state index contributed by atoms with van der Waals surface area (Å²) in [6, 6.07) is 22.0. The zero-order valence-corrected chi connectivity index (χ0v) is 25.3. The van der Waals surface area contributed by atoms with E-state index in [4.69, 9.17) is 9.47 Å². The highest BCUT2D eigenvalue weighted by Gasteiger charge is 2.51. The predicted molar refractivity (Wildman–Crippen MR) is 166 cm³/mol. The molecule has 8 rings (SSSR count). The van der Waals surface area contributed by atoms with Crippen molar-refractivity contribution in [1.82, 2.24) is 15.6 Å². The third kappa shape index (κ3) is 6.78. The van der Waals surface area contributed by atoms with Crippen LogP contribution in [0.5, 0.6) is 0 Å². The molecule has 0 spiro atoms. The van der Waals surface area contributed by atoms with Gasteiger partial charge < -0.3 is 25.2 Å². The van der Waals surface area contributed by atoms with Crippen LogP contribution in [0.1, 0.15) is 79.6 Å². The molecule has 3 atom stereocenters. The first-order chi connectivity index (χ1) is 21.0. The van der Waals surface area contributed by atoms with Crippen molar-refractivity contribution < 1.29 is 19.4 Å². The molecule has 8 heteroatoms. The van der Waals surface area contributed by atoms with Crippen LogP contribution in [0.3, 0.4) is 0 Å². The molecule has 1 saturated heterocycles. The monoisotopic (exact) mass is 599 g/mol. The Balaban J connectivity index is 0.982. The summed E-state index contributed by atoms with van der Waals surface area (Å²) in [5.74, 6) is 3.17. The number of pyridine rings is 1. The molecule has 3 N–H and O–H groups in total. The zero-order chi connectivity index (χ0) is 29.2. The third-order valence-corrected chi connectivity index (χ3v) is 10.9. The molecule has 43 heavy (non-hydrogen) atoms. The number of ether oxygens (including phenoxy) is 2. The van der Waals surface area contributed by atoms with Gasteiger partial charge in [-0.2, -0.15) is 0 Å². The number of aliphatic hydroxyl groups is 1.